The summed E-state index contributed by atoms with van der Waals surface area (Å²) in [6.45, 7) is 0. The molecular formula is C16H13NO5. The first-order chi connectivity index (χ1) is 10.5. The third kappa shape index (κ3) is 3.49. The van der Waals surface area contributed by atoms with Crippen LogP contribution in [0.2, 0.25) is 0 Å². The predicted molar refractivity (Wildman–Crippen MR) is 80.6 cm³/mol. The Bertz CT molecular complexity index is 752. The fraction of sp³-hybridized carbons (Fsp3) is 0.0625. The largest absolute Gasteiger partial charge is 0.496 e. The van der Waals surface area contributed by atoms with Gasteiger partial charge >= 0.3 is 11.9 Å². The first-order valence-corrected chi connectivity index (χ1v) is 6.30. The molecule has 2 N–H and O–H groups in total. The van der Waals surface area contributed by atoms with Crippen molar-refractivity contribution in [3.05, 3.63) is 59.2 Å². The third-order valence-corrected chi connectivity index (χ3v) is 2.91. The Kier molecular flexibility index (Phi) is 4.53. The minimum atomic E-state index is -1.10. The molecule has 2 aromatic carbocycles. The van der Waals surface area contributed by atoms with E-state index in [1.54, 1.807) is 24.3 Å². The van der Waals surface area contributed by atoms with Crippen molar-refractivity contribution in [1.82, 2.24) is 0 Å². The van der Waals surface area contributed by atoms with E-state index in [1.807, 2.05) is 0 Å². The fourth-order valence-electron chi connectivity index (χ4n) is 1.84. The zero-order valence-corrected chi connectivity index (χ0v) is 11.7. The van der Waals surface area contributed by atoms with E-state index in [-0.39, 0.29) is 16.9 Å². The van der Waals surface area contributed by atoms with E-state index in [0.717, 1.165) is 0 Å². The number of hydrogen-bond acceptors (Lipinski definition) is 4. The van der Waals surface area contributed by atoms with E-state index >= 15 is 0 Å². The summed E-state index contributed by atoms with van der Waals surface area (Å²) in [5.41, 5.74) is 1.20. The van der Waals surface area contributed by atoms with Gasteiger partial charge in [0.05, 0.1) is 18.4 Å². The van der Waals surface area contributed by atoms with Crippen molar-refractivity contribution in [3.8, 4) is 5.75 Å². The highest BCUT2D eigenvalue weighted by Crippen LogP contribution is 2.20. The van der Waals surface area contributed by atoms with Crippen LogP contribution in [0.15, 0.2) is 47.5 Å². The number of carboxylic acid groups (broad SMARTS) is 2. The van der Waals surface area contributed by atoms with Crippen molar-refractivity contribution in [3.63, 3.8) is 0 Å². The quantitative estimate of drug-likeness (QED) is 0.827. The van der Waals surface area contributed by atoms with E-state index < -0.39 is 11.9 Å². The topological polar surface area (TPSA) is 96.2 Å². The van der Waals surface area contributed by atoms with Crippen LogP contribution >= 0.6 is 0 Å². The number of carboxylic acids is 2. The number of methoxy groups -OCH3 is 1. The summed E-state index contributed by atoms with van der Waals surface area (Å²) < 4.78 is 4.98. The normalized spacial score (nSPS) is 10.6. The molecular weight excluding hydrogens is 286 g/mol. The van der Waals surface area contributed by atoms with Crippen LogP contribution in [0, 0.1) is 0 Å². The zero-order chi connectivity index (χ0) is 16.1. The van der Waals surface area contributed by atoms with Crippen molar-refractivity contribution in [1.29, 1.82) is 0 Å². The Morgan fingerprint density at radius 1 is 1.09 bits per heavy atom. The molecule has 0 aliphatic carbocycles. The van der Waals surface area contributed by atoms with Crippen molar-refractivity contribution < 1.29 is 24.5 Å². The lowest BCUT2D eigenvalue weighted by Crippen LogP contribution is -2.01. The second-order valence-electron chi connectivity index (χ2n) is 4.38. The van der Waals surface area contributed by atoms with Gasteiger partial charge in [0.2, 0.25) is 0 Å². The highest BCUT2D eigenvalue weighted by molar-refractivity contribution is 5.94. The number of aliphatic imine (C=N–C) groups is 1. The van der Waals surface area contributed by atoms with Crippen molar-refractivity contribution in [2.75, 3.05) is 7.11 Å². The van der Waals surface area contributed by atoms with Gasteiger partial charge in [-0.05, 0) is 42.0 Å². The molecule has 2 aromatic rings. The van der Waals surface area contributed by atoms with Gasteiger partial charge in [0.25, 0.3) is 0 Å². The van der Waals surface area contributed by atoms with Gasteiger partial charge in [-0.1, -0.05) is 6.07 Å². The van der Waals surface area contributed by atoms with Crippen LogP contribution in [0.5, 0.6) is 5.75 Å². The van der Waals surface area contributed by atoms with Crippen LogP contribution < -0.4 is 4.74 Å². The van der Waals surface area contributed by atoms with E-state index in [4.69, 9.17) is 14.9 Å². The predicted octanol–water partition coefficient (Wildman–Crippen LogP) is 2.84. The molecule has 6 heteroatoms. The Morgan fingerprint density at radius 2 is 1.86 bits per heavy atom. The lowest BCUT2D eigenvalue weighted by molar-refractivity contribution is 0.0684. The lowest BCUT2D eigenvalue weighted by atomic mass is 10.1. The van der Waals surface area contributed by atoms with Crippen molar-refractivity contribution >= 4 is 23.8 Å². The lowest BCUT2D eigenvalue weighted by Gasteiger charge is -2.05. The van der Waals surface area contributed by atoms with Crippen molar-refractivity contribution in [2.45, 2.75) is 0 Å². The summed E-state index contributed by atoms with van der Waals surface area (Å²) in [5.74, 6) is -1.87. The molecule has 0 saturated heterocycles. The minimum absolute atomic E-state index is 0.0331. The average molecular weight is 299 g/mol. The summed E-state index contributed by atoms with van der Waals surface area (Å²) in [7, 11) is 1.40. The summed E-state index contributed by atoms with van der Waals surface area (Å²) in [4.78, 5) is 26.2. The average Bonchev–Trinajstić information content (AvgIpc) is 2.52. The number of benzene rings is 2. The molecule has 0 amide bonds. The highest BCUT2D eigenvalue weighted by Gasteiger charge is 2.10. The van der Waals surface area contributed by atoms with Gasteiger partial charge in [-0.15, -0.1) is 0 Å². The Labute approximate surface area is 126 Å². The first kappa shape index (κ1) is 15.2. The molecule has 0 aliphatic heterocycles. The number of ether oxygens (including phenoxy) is 1. The maximum Gasteiger partial charge on any atom is 0.339 e. The molecule has 112 valence electrons. The van der Waals surface area contributed by atoms with Gasteiger partial charge in [0.15, 0.2) is 0 Å². The maximum atomic E-state index is 11.1. The number of carbonyl (C=O) groups is 2. The number of aromatic carboxylic acids is 2. The Hall–Kier alpha value is -3.15. The Morgan fingerprint density at radius 3 is 2.50 bits per heavy atom. The summed E-state index contributed by atoms with van der Waals surface area (Å²) >= 11 is 0. The van der Waals surface area contributed by atoms with E-state index in [2.05, 4.69) is 4.99 Å². The summed E-state index contributed by atoms with van der Waals surface area (Å²) in [6, 6.07) is 10.8. The molecule has 22 heavy (non-hydrogen) atoms. The van der Waals surface area contributed by atoms with Gasteiger partial charge in [-0.2, -0.15) is 0 Å². The highest BCUT2D eigenvalue weighted by atomic mass is 16.5. The van der Waals surface area contributed by atoms with E-state index in [1.165, 1.54) is 31.5 Å². The van der Waals surface area contributed by atoms with Crippen molar-refractivity contribution in [2.24, 2.45) is 4.99 Å². The molecule has 0 radical (unpaired) electrons. The van der Waals surface area contributed by atoms with Crippen LogP contribution in [0.25, 0.3) is 0 Å². The molecule has 0 aromatic heterocycles. The summed E-state index contributed by atoms with van der Waals surface area (Å²) in [6.07, 6.45) is 1.47. The van der Waals surface area contributed by atoms with Crippen LogP contribution in [-0.4, -0.2) is 35.5 Å². The molecule has 0 saturated carbocycles. The zero-order valence-electron chi connectivity index (χ0n) is 11.7. The van der Waals surface area contributed by atoms with Gasteiger partial charge in [0.1, 0.15) is 11.3 Å². The fourth-order valence-corrected chi connectivity index (χ4v) is 1.84. The monoisotopic (exact) mass is 299 g/mol. The molecule has 0 unspecified atom stereocenters. The van der Waals surface area contributed by atoms with E-state index in [0.29, 0.717) is 11.3 Å². The molecule has 0 fully saturated rings. The molecule has 2 rings (SSSR count). The van der Waals surface area contributed by atoms with Crippen LogP contribution in [0.3, 0.4) is 0 Å². The SMILES string of the molecule is COc1ccc(C=Nc2cccc(C(=O)O)c2)cc1C(=O)O. The van der Waals surface area contributed by atoms with Gasteiger partial charge in [-0.3, -0.25) is 4.99 Å². The molecule has 0 aliphatic rings. The number of rotatable bonds is 5. The number of nitrogens with zero attached hydrogens (tertiary/aromatic N) is 1. The van der Waals surface area contributed by atoms with Crippen LogP contribution in [0.4, 0.5) is 5.69 Å². The molecule has 0 atom stereocenters. The molecule has 0 spiro atoms. The molecule has 0 heterocycles. The second-order valence-corrected chi connectivity index (χ2v) is 4.38. The second kappa shape index (κ2) is 6.53. The smallest absolute Gasteiger partial charge is 0.339 e. The first-order valence-electron chi connectivity index (χ1n) is 6.30. The van der Waals surface area contributed by atoms with Crippen LogP contribution in [-0.2, 0) is 0 Å². The van der Waals surface area contributed by atoms with Crippen LogP contribution in [0.1, 0.15) is 26.3 Å². The number of hydrogen-bond donors (Lipinski definition) is 2. The van der Waals surface area contributed by atoms with Gasteiger partial charge < -0.3 is 14.9 Å². The minimum Gasteiger partial charge on any atom is -0.496 e. The molecule has 0 bridgehead atoms. The standard InChI is InChI=1S/C16H13NO5/c1-22-14-6-5-10(7-13(14)16(20)21)9-17-12-4-2-3-11(8-12)15(18)19/h2-9H,1H3,(H,18,19)(H,20,21). The Balaban J connectivity index is 2.30. The third-order valence-electron chi connectivity index (χ3n) is 2.91. The van der Waals surface area contributed by atoms with E-state index in [9.17, 15) is 9.59 Å². The summed E-state index contributed by atoms with van der Waals surface area (Å²) in [5, 5.41) is 18.0. The van der Waals surface area contributed by atoms with Gasteiger partial charge in [-0.25, -0.2) is 9.59 Å². The molecule has 6 nitrogen and oxygen atoms in total. The van der Waals surface area contributed by atoms with Gasteiger partial charge in [0, 0.05) is 6.21 Å². The maximum absolute atomic E-state index is 11.1.